The highest BCUT2D eigenvalue weighted by Gasteiger charge is 2.37. The molecule has 20 heavy (non-hydrogen) atoms. The summed E-state index contributed by atoms with van der Waals surface area (Å²) < 4.78 is 5.04. The van der Waals surface area contributed by atoms with Gasteiger partial charge in [-0.05, 0) is 31.6 Å². The maximum atomic E-state index is 12.4. The normalized spacial score (nSPS) is 22.9. The van der Waals surface area contributed by atoms with Gasteiger partial charge < -0.3 is 9.64 Å². The number of nitrogens with one attached hydrogen (secondary N) is 1. The smallest absolute Gasteiger partial charge is 0.323 e. The maximum absolute atomic E-state index is 12.4. The van der Waals surface area contributed by atoms with Crippen LogP contribution >= 0.6 is 11.3 Å². The van der Waals surface area contributed by atoms with E-state index in [0.29, 0.717) is 17.8 Å². The van der Waals surface area contributed by atoms with Gasteiger partial charge in [0.2, 0.25) is 0 Å². The molecule has 0 spiro atoms. The first-order valence-electron chi connectivity index (χ1n) is 7.29. The van der Waals surface area contributed by atoms with Crippen LogP contribution in [0.25, 0.3) is 0 Å². The largest absolute Gasteiger partial charge is 0.378 e. The number of nitrogens with zero attached hydrogens (tertiary/aromatic N) is 2. The summed E-state index contributed by atoms with van der Waals surface area (Å²) in [6.07, 6.45) is 6.17. The second-order valence-corrected chi connectivity index (χ2v) is 6.46. The molecule has 2 heterocycles. The average molecular weight is 295 g/mol. The highest BCUT2D eigenvalue weighted by Crippen LogP contribution is 2.37. The molecular formula is C14H21N3O2S. The van der Waals surface area contributed by atoms with Crippen LogP contribution in [-0.2, 0) is 11.3 Å². The molecule has 110 valence electrons. The van der Waals surface area contributed by atoms with Gasteiger partial charge >= 0.3 is 6.03 Å². The van der Waals surface area contributed by atoms with Gasteiger partial charge in [-0.15, -0.1) is 11.3 Å². The molecule has 6 heteroatoms. The van der Waals surface area contributed by atoms with Gasteiger partial charge in [0.25, 0.3) is 0 Å². The number of ether oxygens (including phenoxy) is 1. The Hall–Kier alpha value is -1.14. The van der Waals surface area contributed by atoms with Crippen molar-refractivity contribution in [3.05, 3.63) is 11.1 Å². The number of urea groups is 1. The van der Waals surface area contributed by atoms with Gasteiger partial charge in [-0.2, -0.15) is 0 Å². The zero-order chi connectivity index (χ0) is 13.9. The zero-order valence-electron chi connectivity index (χ0n) is 11.8. The molecule has 0 aromatic carbocycles. The number of anilines is 1. The van der Waals surface area contributed by atoms with E-state index in [0.717, 1.165) is 31.0 Å². The van der Waals surface area contributed by atoms with Crippen molar-refractivity contribution in [1.82, 2.24) is 9.88 Å². The molecule has 2 aliphatic rings. The molecule has 1 aliphatic heterocycles. The lowest BCUT2D eigenvalue weighted by atomic mass is 9.79. The minimum atomic E-state index is 0.0118. The van der Waals surface area contributed by atoms with Crippen molar-refractivity contribution in [3.63, 3.8) is 0 Å². The molecule has 1 aromatic heterocycles. The lowest BCUT2D eigenvalue weighted by Gasteiger charge is -2.36. The Balaban J connectivity index is 1.59. The first kappa shape index (κ1) is 13.8. The van der Waals surface area contributed by atoms with Crippen LogP contribution in [0.2, 0.25) is 0 Å². The van der Waals surface area contributed by atoms with Crippen molar-refractivity contribution in [3.8, 4) is 0 Å². The molecule has 0 bridgehead atoms. The van der Waals surface area contributed by atoms with E-state index in [1.807, 2.05) is 10.3 Å². The predicted molar refractivity (Wildman–Crippen MR) is 78.9 cm³/mol. The summed E-state index contributed by atoms with van der Waals surface area (Å²) in [5, 5.41) is 5.53. The first-order valence-corrected chi connectivity index (χ1v) is 8.17. The Labute approximate surface area is 123 Å². The van der Waals surface area contributed by atoms with E-state index in [-0.39, 0.29) is 6.03 Å². The fourth-order valence-corrected chi connectivity index (χ4v) is 3.79. The Kier molecular flexibility index (Phi) is 4.21. The lowest BCUT2D eigenvalue weighted by molar-refractivity contribution is 0.148. The van der Waals surface area contributed by atoms with Gasteiger partial charge in [-0.3, -0.25) is 5.32 Å². The van der Waals surface area contributed by atoms with Gasteiger partial charge in [-0.25, -0.2) is 9.78 Å². The standard InChI is InChI=1S/C14H21N3O2S/c1-19-8-11-9-20-13(15-11)16-14(18)17-7-3-6-12(17)10-4-2-5-10/h9-10,12H,2-8H2,1H3,(H,15,16,18)/t12-/m1/s1. The SMILES string of the molecule is COCc1csc(NC(=O)N2CCC[C@@H]2C2CCC2)n1. The lowest BCUT2D eigenvalue weighted by Crippen LogP contribution is -2.44. The van der Waals surface area contributed by atoms with E-state index < -0.39 is 0 Å². The van der Waals surface area contributed by atoms with Crippen LogP contribution in [0, 0.1) is 5.92 Å². The highest BCUT2D eigenvalue weighted by molar-refractivity contribution is 7.13. The summed E-state index contributed by atoms with van der Waals surface area (Å²) in [4.78, 5) is 18.8. The number of methoxy groups -OCH3 is 1. The number of hydrogen-bond donors (Lipinski definition) is 1. The summed E-state index contributed by atoms with van der Waals surface area (Å²) in [5.74, 6) is 0.726. The number of rotatable bonds is 4. The van der Waals surface area contributed by atoms with Crippen LogP contribution in [-0.4, -0.2) is 35.6 Å². The van der Waals surface area contributed by atoms with E-state index in [4.69, 9.17) is 4.74 Å². The van der Waals surface area contributed by atoms with Gasteiger partial charge in [0.1, 0.15) is 0 Å². The van der Waals surface area contributed by atoms with Crippen LogP contribution in [0.3, 0.4) is 0 Å². The summed E-state index contributed by atoms with van der Waals surface area (Å²) in [6, 6.07) is 0.458. The summed E-state index contributed by atoms with van der Waals surface area (Å²) >= 11 is 1.46. The van der Waals surface area contributed by atoms with E-state index in [2.05, 4.69) is 10.3 Å². The van der Waals surface area contributed by atoms with E-state index in [1.54, 1.807) is 7.11 Å². The van der Waals surface area contributed by atoms with Crippen molar-refractivity contribution in [1.29, 1.82) is 0 Å². The molecule has 3 rings (SSSR count). The van der Waals surface area contributed by atoms with Crippen LogP contribution < -0.4 is 5.32 Å². The first-order chi connectivity index (χ1) is 9.78. The molecule has 5 nitrogen and oxygen atoms in total. The van der Waals surface area contributed by atoms with Crippen LogP contribution in [0.5, 0.6) is 0 Å². The second-order valence-electron chi connectivity index (χ2n) is 5.60. The fraction of sp³-hybridized carbons (Fsp3) is 0.714. The average Bonchev–Trinajstić information content (AvgIpc) is 2.97. The Morgan fingerprint density at radius 3 is 3.05 bits per heavy atom. The van der Waals surface area contributed by atoms with Gasteiger partial charge in [0, 0.05) is 25.1 Å². The summed E-state index contributed by atoms with van der Waals surface area (Å²) in [6.45, 7) is 1.37. The number of hydrogen-bond acceptors (Lipinski definition) is 4. The minimum Gasteiger partial charge on any atom is -0.378 e. The predicted octanol–water partition coefficient (Wildman–Crippen LogP) is 3.09. The van der Waals surface area contributed by atoms with Crippen molar-refractivity contribution in [2.24, 2.45) is 5.92 Å². The molecule has 1 aliphatic carbocycles. The maximum Gasteiger partial charge on any atom is 0.323 e. The third kappa shape index (κ3) is 2.81. The topological polar surface area (TPSA) is 54.5 Å². The second kappa shape index (κ2) is 6.10. The molecule has 1 N–H and O–H groups in total. The van der Waals surface area contributed by atoms with Crippen molar-refractivity contribution < 1.29 is 9.53 Å². The molecular weight excluding hydrogens is 274 g/mol. The monoisotopic (exact) mass is 295 g/mol. The molecule has 1 atom stereocenters. The molecule has 1 aromatic rings. The molecule has 0 radical (unpaired) electrons. The number of thiazole rings is 1. The number of amides is 2. The summed E-state index contributed by atoms with van der Waals surface area (Å²) in [7, 11) is 1.64. The third-order valence-electron chi connectivity index (χ3n) is 4.31. The number of carbonyl (C=O) groups is 1. The number of likely N-dealkylation sites (tertiary alicyclic amines) is 1. The summed E-state index contributed by atoms with van der Waals surface area (Å²) in [5.41, 5.74) is 0.866. The molecule has 2 amide bonds. The quantitative estimate of drug-likeness (QED) is 0.928. The van der Waals surface area contributed by atoms with Gasteiger partial charge in [-0.1, -0.05) is 6.42 Å². The van der Waals surface area contributed by atoms with Crippen molar-refractivity contribution in [2.45, 2.75) is 44.8 Å². The molecule has 1 saturated heterocycles. The van der Waals surface area contributed by atoms with E-state index in [1.165, 1.54) is 30.6 Å². The molecule has 2 fully saturated rings. The molecule has 0 unspecified atom stereocenters. The van der Waals surface area contributed by atoms with Gasteiger partial charge in [0.05, 0.1) is 12.3 Å². The Bertz CT molecular complexity index is 473. The highest BCUT2D eigenvalue weighted by atomic mass is 32.1. The Morgan fingerprint density at radius 1 is 1.50 bits per heavy atom. The van der Waals surface area contributed by atoms with Crippen LogP contribution in [0.4, 0.5) is 9.93 Å². The Morgan fingerprint density at radius 2 is 2.35 bits per heavy atom. The number of carbonyl (C=O) groups excluding carboxylic acids is 1. The molecule has 1 saturated carbocycles. The van der Waals surface area contributed by atoms with E-state index >= 15 is 0 Å². The minimum absolute atomic E-state index is 0.0118. The fourth-order valence-electron chi connectivity index (χ4n) is 3.10. The van der Waals surface area contributed by atoms with Crippen molar-refractivity contribution >= 4 is 22.5 Å². The third-order valence-corrected chi connectivity index (χ3v) is 5.12. The number of aromatic nitrogens is 1. The van der Waals surface area contributed by atoms with Crippen LogP contribution in [0.1, 0.15) is 37.8 Å². The van der Waals surface area contributed by atoms with E-state index in [9.17, 15) is 4.79 Å². The van der Waals surface area contributed by atoms with Crippen LogP contribution in [0.15, 0.2) is 5.38 Å². The zero-order valence-corrected chi connectivity index (χ0v) is 12.6. The van der Waals surface area contributed by atoms with Gasteiger partial charge in [0.15, 0.2) is 5.13 Å². The van der Waals surface area contributed by atoms with Crippen molar-refractivity contribution in [2.75, 3.05) is 19.0 Å².